The zero-order valence-electron chi connectivity index (χ0n) is 21.5. The molecule has 35 heavy (non-hydrogen) atoms. The molecule has 1 heterocycles. The molecule has 3 fully saturated rings. The molecule has 0 aromatic rings. The third-order valence-corrected chi connectivity index (χ3v) is 7.97. The molecule has 10 nitrogen and oxygen atoms in total. The van der Waals surface area contributed by atoms with Crippen molar-refractivity contribution in [2.75, 3.05) is 6.54 Å². The molecule has 0 aromatic carbocycles. The number of likely N-dealkylation sites (tertiary alicyclic amines) is 1. The first-order valence-electron chi connectivity index (χ1n) is 12.8. The molecule has 2 saturated carbocycles. The van der Waals surface area contributed by atoms with E-state index in [2.05, 4.69) is 24.5 Å². The lowest BCUT2D eigenvalue weighted by Crippen LogP contribution is -2.59. The van der Waals surface area contributed by atoms with Crippen LogP contribution in [0.5, 0.6) is 0 Å². The molecule has 4 N–H and O–H groups in total. The Bertz CT molecular complexity index is 866. The van der Waals surface area contributed by atoms with Gasteiger partial charge in [0.1, 0.15) is 12.1 Å². The summed E-state index contributed by atoms with van der Waals surface area (Å²) >= 11 is 0. The van der Waals surface area contributed by atoms with Gasteiger partial charge < -0.3 is 26.0 Å². The number of nitrogens with one attached hydrogen (secondary N) is 2. The first-order chi connectivity index (χ1) is 16.4. The normalized spacial score (nSPS) is 26.6. The highest BCUT2D eigenvalue weighted by atomic mass is 16.6. The van der Waals surface area contributed by atoms with Gasteiger partial charge in [-0.15, -0.1) is 0 Å². The van der Waals surface area contributed by atoms with Gasteiger partial charge in [0, 0.05) is 6.54 Å². The summed E-state index contributed by atoms with van der Waals surface area (Å²) in [5.74, 6) is -2.64. The van der Waals surface area contributed by atoms with Gasteiger partial charge in [-0.2, -0.15) is 0 Å². The van der Waals surface area contributed by atoms with E-state index in [0.29, 0.717) is 13.0 Å². The minimum Gasteiger partial charge on any atom is -0.447 e. The lowest BCUT2D eigenvalue weighted by Gasteiger charge is -2.35. The predicted octanol–water partition coefficient (Wildman–Crippen LogP) is 1.50. The number of nitrogens with zero attached hydrogens (tertiary/aromatic N) is 1. The Hall–Kier alpha value is -2.65. The van der Waals surface area contributed by atoms with E-state index in [4.69, 9.17) is 10.5 Å². The third kappa shape index (κ3) is 5.62. The molecule has 5 atom stereocenters. The van der Waals surface area contributed by atoms with Gasteiger partial charge in [0.15, 0.2) is 0 Å². The smallest absolute Gasteiger partial charge is 0.408 e. The number of nitrogens with two attached hydrogens (primary N) is 1. The number of carbonyl (C=O) groups is 5. The fourth-order valence-corrected chi connectivity index (χ4v) is 6.03. The van der Waals surface area contributed by atoms with Crippen LogP contribution in [-0.2, 0) is 23.9 Å². The Labute approximate surface area is 207 Å². The first-order valence-corrected chi connectivity index (χ1v) is 12.8. The number of ether oxygens (including phenoxy) is 1. The van der Waals surface area contributed by atoms with Gasteiger partial charge >= 0.3 is 6.09 Å². The Morgan fingerprint density at radius 1 is 1.09 bits per heavy atom. The molecule has 196 valence electrons. The van der Waals surface area contributed by atoms with Crippen LogP contribution in [-0.4, -0.2) is 65.3 Å². The Kier molecular flexibility index (Phi) is 8.11. The Morgan fingerprint density at radius 3 is 2.26 bits per heavy atom. The molecule has 1 aliphatic heterocycles. The van der Waals surface area contributed by atoms with Gasteiger partial charge in [0.25, 0.3) is 5.91 Å². The molecule has 3 rings (SSSR count). The summed E-state index contributed by atoms with van der Waals surface area (Å²) in [6.45, 7) is 9.85. The summed E-state index contributed by atoms with van der Waals surface area (Å²) in [5, 5.41) is 5.47. The zero-order chi connectivity index (χ0) is 26.1. The SMILES string of the molecule is CCCC(NC(=O)C1C2C(CN1C(=O)C(NC(=O)OC(C)C)C1CCCC1)C2(C)C)C(=O)C(N)=O. The number of hydrogen-bond acceptors (Lipinski definition) is 6. The van der Waals surface area contributed by atoms with Gasteiger partial charge in [0.05, 0.1) is 12.1 Å². The number of Topliss-reactive ketones (excluding diaryl/α,β-unsaturated/α-hetero) is 1. The van der Waals surface area contributed by atoms with Crippen LogP contribution in [0.25, 0.3) is 0 Å². The van der Waals surface area contributed by atoms with Crippen molar-refractivity contribution in [3.05, 3.63) is 0 Å². The van der Waals surface area contributed by atoms with Crippen LogP contribution in [0, 0.1) is 23.2 Å². The van der Waals surface area contributed by atoms with Gasteiger partial charge in [-0.1, -0.05) is 40.0 Å². The standard InChI is InChI=1S/C25H40N4O6/c1-6-9-16(20(30)21(26)31)27-22(32)19-17-15(25(17,4)5)12-29(19)23(33)18(14-10-7-8-11-14)28-24(34)35-13(2)3/h13-19H,6-12H2,1-5H3,(H2,26,31)(H,27,32)(H,28,34). The van der Waals surface area contributed by atoms with Crippen LogP contribution in [0.1, 0.15) is 73.1 Å². The molecule has 4 amide bonds. The van der Waals surface area contributed by atoms with Crippen molar-refractivity contribution in [2.45, 2.75) is 97.4 Å². The van der Waals surface area contributed by atoms with Gasteiger partial charge in [0.2, 0.25) is 17.6 Å². The predicted molar refractivity (Wildman–Crippen MR) is 128 cm³/mol. The number of hydrogen-bond donors (Lipinski definition) is 3. The number of carbonyl (C=O) groups excluding carboxylic acids is 5. The summed E-state index contributed by atoms with van der Waals surface area (Å²) in [6.07, 6.45) is 3.45. The summed E-state index contributed by atoms with van der Waals surface area (Å²) in [4.78, 5) is 65.1. The summed E-state index contributed by atoms with van der Waals surface area (Å²) in [5.41, 5.74) is 5.06. The van der Waals surface area contributed by atoms with Crippen molar-refractivity contribution >= 4 is 29.6 Å². The highest BCUT2D eigenvalue weighted by Gasteiger charge is 2.69. The number of primary amides is 1. The van der Waals surface area contributed by atoms with Crippen molar-refractivity contribution < 1.29 is 28.7 Å². The van der Waals surface area contributed by atoms with E-state index in [1.807, 2.05) is 6.92 Å². The Morgan fingerprint density at radius 2 is 1.71 bits per heavy atom. The van der Waals surface area contributed by atoms with E-state index < -0.39 is 41.8 Å². The molecule has 0 bridgehead atoms. The van der Waals surface area contributed by atoms with Crippen LogP contribution < -0.4 is 16.4 Å². The number of alkyl carbamates (subject to hydrolysis) is 1. The second-order valence-electron chi connectivity index (χ2n) is 11.1. The highest BCUT2D eigenvalue weighted by Crippen LogP contribution is 2.65. The third-order valence-electron chi connectivity index (χ3n) is 7.97. The van der Waals surface area contributed by atoms with Crippen LogP contribution in [0.15, 0.2) is 0 Å². The minimum absolute atomic E-state index is 0.0276. The molecule has 10 heteroatoms. The van der Waals surface area contributed by atoms with Crippen LogP contribution in [0.4, 0.5) is 4.79 Å². The number of ketones is 1. The first kappa shape index (κ1) is 26.9. The average Bonchev–Trinajstić information content (AvgIpc) is 3.23. The van der Waals surface area contributed by atoms with Crippen molar-refractivity contribution in [1.29, 1.82) is 0 Å². The van der Waals surface area contributed by atoms with Crippen molar-refractivity contribution in [3.63, 3.8) is 0 Å². The summed E-state index contributed by atoms with van der Waals surface area (Å²) < 4.78 is 5.24. The number of fused-ring (bicyclic) bond motifs is 1. The van der Waals surface area contributed by atoms with Gasteiger partial charge in [-0.25, -0.2) is 4.79 Å². The van der Waals surface area contributed by atoms with Crippen LogP contribution in [0.2, 0.25) is 0 Å². The molecule has 1 saturated heterocycles. The monoisotopic (exact) mass is 492 g/mol. The molecular weight excluding hydrogens is 452 g/mol. The van der Waals surface area contributed by atoms with Gasteiger partial charge in [-0.3, -0.25) is 19.2 Å². The van der Waals surface area contributed by atoms with Gasteiger partial charge in [-0.05, 0) is 56.3 Å². The molecule has 2 aliphatic carbocycles. The van der Waals surface area contributed by atoms with Crippen LogP contribution >= 0.6 is 0 Å². The molecule has 5 unspecified atom stereocenters. The molecular formula is C25H40N4O6. The lowest BCUT2D eigenvalue weighted by atomic mass is 9.94. The number of amides is 4. The molecule has 3 aliphatic rings. The fourth-order valence-electron chi connectivity index (χ4n) is 6.03. The second kappa shape index (κ2) is 10.5. The summed E-state index contributed by atoms with van der Waals surface area (Å²) in [6, 6.07) is -2.58. The molecule has 0 radical (unpaired) electrons. The average molecular weight is 493 g/mol. The number of piperidine rings is 1. The van der Waals surface area contributed by atoms with Crippen LogP contribution in [0.3, 0.4) is 0 Å². The maximum absolute atomic E-state index is 13.8. The van der Waals surface area contributed by atoms with Crippen molar-refractivity contribution in [1.82, 2.24) is 15.5 Å². The zero-order valence-corrected chi connectivity index (χ0v) is 21.5. The second-order valence-corrected chi connectivity index (χ2v) is 11.1. The summed E-state index contributed by atoms with van der Waals surface area (Å²) in [7, 11) is 0. The molecule has 0 aromatic heterocycles. The maximum atomic E-state index is 13.8. The van der Waals surface area contributed by atoms with E-state index in [1.54, 1.807) is 18.7 Å². The molecule has 0 spiro atoms. The number of rotatable bonds is 10. The fraction of sp³-hybridized carbons (Fsp3) is 0.800. The van der Waals surface area contributed by atoms with E-state index in [9.17, 15) is 24.0 Å². The minimum atomic E-state index is -1.10. The largest absolute Gasteiger partial charge is 0.447 e. The van der Waals surface area contributed by atoms with E-state index in [0.717, 1.165) is 25.7 Å². The van der Waals surface area contributed by atoms with E-state index in [1.165, 1.54) is 0 Å². The van der Waals surface area contributed by atoms with Crippen molar-refractivity contribution in [3.8, 4) is 0 Å². The van der Waals surface area contributed by atoms with E-state index in [-0.39, 0.29) is 41.6 Å². The topological polar surface area (TPSA) is 148 Å². The lowest BCUT2D eigenvalue weighted by molar-refractivity contribution is -0.144. The maximum Gasteiger partial charge on any atom is 0.408 e. The van der Waals surface area contributed by atoms with Crippen molar-refractivity contribution in [2.24, 2.45) is 28.9 Å². The van der Waals surface area contributed by atoms with E-state index >= 15 is 0 Å². The quantitative estimate of drug-likeness (QED) is 0.394. The Balaban J connectivity index is 1.83. The highest BCUT2D eigenvalue weighted by molar-refractivity contribution is 6.37.